The summed E-state index contributed by atoms with van der Waals surface area (Å²) < 4.78 is 1.13. The van der Waals surface area contributed by atoms with Crippen molar-refractivity contribution in [2.45, 2.75) is 19.9 Å². The van der Waals surface area contributed by atoms with Gasteiger partial charge in [0.25, 0.3) is 5.91 Å². The number of nitrogens with zero attached hydrogens (tertiary/aromatic N) is 1. The summed E-state index contributed by atoms with van der Waals surface area (Å²) in [6, 6.07) is 9.56. The number of hydrogen-bond donors (Lipinski definition) is 4. The molecule has 0 aliphatic heterocycles. The minimum atomic E-state index is -0.477. The van der Waals surface area contributed by atoms with Crippen molar-refractivity contribution in [3.8, 4) is 11.5 Å². The molecule has 0 aromatic heterocycles. The fourth-order valence-electron chi connectivity index (χ4n) is 1.99. The fraction of sp³-hybridized carbons (Fsp3) is 0.176. The molecule has 2 aromatic carbocycles. The number of carbonyl (C=O) groups excluding carboxylic acids is 1. The molecule has 0 aliphatic rings. The first kappa shape index (κ1) is 18.1. The van der Waals surface area contributed by atoms with Crippen molar-refractivity contribution in [1.82, 2.24) is 5.43 Å². The van der Waals surface area contributed by atoms with Gasteiger partial charge in [-0.15, -0.1) is 0 Å². The summed E-state index contributed by atoms with van der Waals surface area (Å²) in [4.78, 5) is 12.1. The average Bonchev–Trinajstić information content (AvgIpc) is 2.52. The number of anilines is 1. The molecule has 24 heavy (non-hydrogen) atoms. The molecule has 7 heteroatoms. The summed E-state index contributed by atoms with van der Waals surface area (Å²) in [5.74, 6) is -0.462. The van der Waals surface area contributed by atoms with E-state index in [1.165, 1.54) is 24.4 Å². The smallest absolute Gasteiger partial charge is 0.262 e. The number of phenols is 2. The van der Waals surface area contributed by atoms with Crippen LogP contribution < -0.4 is 10.7 Å². The lowest BCUT2D eigenvalue weighted by Gasteiger charge is -2.15. The molecule has 0 bridgehead atoms. The Morgan fingerprint density at radius 3 is 2.67 bits per heavy atom. The van der Waals surface area contributed by atoms with Crippen molar-refractivity contribution in [1.29, 1.82) is 0 Å². The van der Waals surface area contributed by atoms with Crippen molar-refractivity contribution in [2.24, 2.45) is 5.10 Å². The van der Waals surface area contributed by atoms with E-state index in [1.807, 2.05) is 25.1 Å². The van der Waals surface area contributed by atoms with Gasteiger partial charge in [-0.25, -0.2) is 5.43 Å². The van der Waals surface area contributed by atoms with Gasteiger partial charge in [0, 0.05) is 20.9 Å². The highest BCUT2D eigenvalue weighted by Gasteiger charge is 2.12. The number of aromatic hydroxyl groups is 2. The molecular weight excluding hydrogens is 421 g/mol. The van der Waals surface area contributed by atoms with Crippen LogP contribution >= 0.6 is 22.6 Å². The second kappa shape index (κ2) is 8.00. The van der Waals surface area contributed by atoms with Crippen molar-refractivity contribution < 1.29 is 15.0 Å². The monoisotopic (exact) mass is 439 g/mol. The zero-order chi connectivity index (χ0) is 17.7. The zero-order valence-electron chi connectivity index (χ0n) is 13.2. The molecule has 4 N–H and O–H groups in total. The summed E-state index contributed by atoms with van der Waals surface area (Å²) >= 11 is 2.24. The van der Waals surface area contributed by atoms with Crippen LogP contribution in [0.3, 0.4) is 0 Å². The van der Waals surface area contributed by atoms with Gasteiger partial charge in [0.15, 0.2) is 0 Å². The molecule has 0 saturated heterocycles. The number of carbonyl (C=O) groups is 1. The number of aryl methyl sites for hydroxylation is 1. The van der Waals surface area contributed by atoms with Crippen LogP contribution in [0.5, 0.6) is 11.5 Å². The standard InChI is InChI=1S/C17H18IN3O3/c1-10-7-13(18)4-6-15(10)20-11(2)17(24)21-19-9-12-3-5-14(22)8-16(12)23/h3-9,11,20,22-23H,1-2H3,(H,21,24)/b19-9-/t11-/m0/s1. The van der Waals surface area contributed by atoms with Crippen LogP contribution in [-0.2, 0) is 4.79 Å². The lowest BCUT2D eigenvalue weighted by Crippen LogP contribution is -2.35. The Morgan fingerprint density at radius 2 is 2.00 bits per heavy atom. The number of hydrogen-bond acceptors (Lipinski definition) is 5. The van der Waals surface area contributed by atoms with Crippen molar-refractivity contribution in [3.05, 3.63) is 51.1 Å². The molecule has 126 valence electrons. The highest BCUT2D eigenvalue weighted by molar-refractivity contribution is 14.1. The van der Waals surface area contributed by atoms with Crippen LogP contribution in [0, 0.1) is 10.5 Å². The molecule has 1 atom stereocenters. The summed E-state index contributed by atoms with van der Waals surface area (Å²) in [5, 5.41) is 25.8. The van der Waals surface area contributed by atoms with E-state index in [-0.39, 0.29) is 17.4 Å². The molecule has 0 heterocycles. The van der Waals surface area contributed by atoms with Gasteiger partial charge >= 0.3 is 0 Å². The SMILES string of the molecule is Cc1cc(I)ccc1N[C@@H](C)C(=O)N/N=C\c1ccc(O)cc1O. The van der Waals surface area contributed by atoms with E-state index in [0.717, 1.165) is 14.8 Å². The molecular formula is C17H18IN3O3. The van der Waals surface area contributed by atoms with Gasteiger partial charge in [-0.3, -0.25) is 4.79 Å². The largest absolute Gasteiger partial charge is 0.508 e. The first-order chi connectivity index (χ1) is 11.4. The van der Waals surface area contributed by atoms with Gasteiger partial charge < -0.3 is 15.5 Å². The highest BCUT2D eigenvalue weighted by atomic mass is 127. The van der Waals surface area contributed by atoms with E-state index in [9.17, 15) is 15.0 Å². The predicted octanol–water partition coefficient (Wildman–Crippen LogP) is 2.96. The number of rotatable bonds is 5. The molecule has 2 rings (SSSR count). The number of halogens is 1. The molecule has 0 spiro atoms. The maximum absolute atomic E-state index is 12.1. The second-order valence-corrected chi connectivity index (χ2v) is 6.55. The molecule has 0 radical (unpaired) electrons. The van der Waals surface area contributed by atoms with Crippen LogP contribution in [0.15, 0.2) is 41.5 Å². The lowest BCUT2D eigenvalue weighted by atomic mass is 10.2. The van der Waals surface area contributed by atoms with Crippen molar-refractivity contribution in [3.63, 3.8) is 0 Å². The number of phenolic OH excluding ortho intramolecular Hbond substituents is 2. The van der Waals surface area contributed by atoms with Gasteiger partial charge in [0.1, 0.15) is 17.5 Å². The molecule has 0 aliphatic carbocycles. The molecule has 0 fully saturated rings. The van der Waals surface area contributed by atoms with Crippen LogP contribution in [0.2, 0.25) is 0 Å². The van der Waals surface area contributed by atoms with E-state index in [0.29, 0.717) is 5.56 Å². The normalized spacial score (nSPS) is 12.1. The van der Waals surface area contributed by atoms with Crippen LogP contribution in [-0.4, -0.2) is 28.4 Å². The Balaban J connectivity index is 1.95. The molecule has 0 saturated carbocycles. The predicted molar refractivity (Wildman–Crippen MR) is 102 cm³/mol. The van der Waals surface area contributed by atoms with Gasteiger partial charge in [-0.05, 0) is 72.3 Å². The third kappa shape index (κ3) is 4.85. The summed E-state index contributed by atoms with van der Waals surface area (Å²) in [6.45, 7) is 3.71. The van der Waals surface area contributed by atoms with Gasteiger partial charge in [-0.2, -0.15) is 5.10 Å². The van der Waals surface area contributed by atoms with Crippen molar-refractivity contribution in [2.75, 3.05) is 5.32 Å². The topological polar surface area (TPSA) is 94.0 Å². The molecule has 2 aromatic rings. The van der Waals surface area contributed by atoms with Gasteiger partial charge in [-0.1, -0.05) is 0 Å². The Bertz CT molecular complexity index is 778. The minimum Gasteiger partial charge on any atom is -0.508 e. The lowest BCUT2D eigenvalue weighted by molar-refractivity contribution is -0.121. The van der Waals surface area contributed by atoms with E-state index < -0.39 is 6.04 Å². The Hall–Kier alpha value is -2.29. The maximum atomic E-state index is 12.1. The Labute approximate surface area is 153 Å². The van der Waals surface area contributed by atoms with E-state index in [4.69, 9.17) is 0 Å². The summed E-state index contributed by atoms with van der Waals surface area (Å²) in [6.07, 6.45) is 1.32. The first-order valence-corrected chi connectivity index (χ1v) is 8.32. The molecule has 0 unspecified atom stereocenters. The Morgan fingerprint density at radius 1 is 1.25 bits per heavy atom. The maximum Gasteiger partial charge on any atom is 0.262 e. The molecule has 6 nitrogen and oxygen atoms in total. The van der Waals surface area contributed by atoms with Gasteiger partial charge in [0.05, 0.1) is 6.21 Å². The van der Waals surface area contributed by atoms with Gasteiger partial charge in [0.2, 0.25) is 0 Å². The quantitative estimate of drug-likeness (QED) is 0.328. The van der Waals surface area contributed by atoms with Crippen LogP contribution in [0.1, 0.15) is 18.1 Å². The number of benzene rings is 2. The molecule has 1 amide bonds. The van der Waals surface area contributed by atoms with Crippen LogP contribution in [0.25, 0.3) is 0 Å². The van der Waals surface area contributed by atoms with E-state index in [1.54, 1.807) is 6.92 Å². The van der Waals surface area contributed by atoms with E-state index in [2.05, 4.69) is 38.4 Å². The average molecular weight is 439 g/mol. The number of nitrogens with one attached hydrogen (secondary N) is 2. The van der Waals surface area contributed by atoms with E-state index >= 15 is 0 Å². The zero-order valence-corrected chi connectivity index (χ0v) is 15.4. The highest BCUT2D eigenvalue weighted by Crippen LogP contribution is 2.21. The minimum absolute atomic E-state index is 0.0422. The third-order valence-corrected chi connectivity index (χ3v) is 4.02. The first-order valence-electron chi connectivity index (χ1n) is 7.24. The summed E-state index contributed by atoms with van der Waals surface area (Å²) in [7, 11) is 0. The fourth-order valence-corrected chi connectivity index (χ4v) is 2.64. The Kier molecular flexibility index (Phi) is 6.02. The summed E-state index contributed by atoms with van der Waals surface area (Å²) in [5.41, 5.74) is 4.75. The third-order valence-electron chi connectivity index (χ3n) is 3.35. The van der Waals surface area contributed by atoms with Crippen LogP contribution in [0.4, 0.5) is 5.69 Å². The number of hydrazone groups is 1. The van der Waals surface area contributed by atoms with Crippen molar-refractivity contribution >= 4 is 40.4 Å². The second-order valence-electron chi connectivity index (χ2n) is 5.30. The number of amides is 1.